The summed E-state index contributed by atoms with van der Waals surface area (Å²) in [5.41, 5.74) is 0.00310. The molecule has 4 nitrogen and oxygen atoms in total. The molecule has 3 aromatic rings. The average Bonchev–Trinajstić information content (AvgIpc) is 2.65. The van der Waals surface area contributed by atoms with E-state index in [1.54, 1.807) is 24.3 Å². The Balaban J connectivity index is 2.08. The molecule has 0 radical (unpaired) electrons. The Labute approximate surface area is 150 Å². The SMILES string of the molecule is O=C(CCl)N(Cc1c(F)c(F)cc(F)c1F)c1cnc2ccccc2n1. The summed E-state index contributed by atoms with van der Waals surface area (Å²) in [5.74, 6) is -7.67. The van der Waals surface area contributed by atoms with Crippen molar-refractivity contribution < 1.29 is 22.4 Å². The minimum Gasteiger partial charge on any atom is -0.290 e. The van der Waals surface area contributed by atoms with E-state index in [9.17, 15) is 22.4 Å². The van der Waals surface area contributed by atoms with E-state index < -0.39 is 47.2 Å². The molecule has 2 aromatic carbocycles. The molecule has 0 aliphatic carbocycles. The van der Waals surface area contributed by atoms with Gasteiger partial charge >= 0.3 is 0 Å². The molecule has 1 heterocycles. The summed E-state index contributed by atoms with van der Waals surface area (Å²) >= 11 is 5.55. The van der Waals surface area contributed by atoms with Crippen molar-refractivity contribution >= 4 is 34.4 Å². The Morgan fingerprint density at radius 1 is 1.04 bits per heavy atom. The molecule has 9 heteroatoms. The molecule has 0 atom stereocenters. The van der Waals surface area contributed by atoms with Crippen LogP contribution in [-0.4, -0.2) is 21.8 Å². The molecule has 1 amide bonds. The highest BCUT2D eigenvalue weighted by atomic mass is 35.5. The molecule has 0 aliphatic heterocycles. The van der Waals surface area contributed by atoms with Crippen molar-refractivity contribution in [3.8, 4) is 0 Å². The van der Waals surface area contributed by atoms with E-state index in [-0.39, 0.29) is 11.9 Å². The van der Waals surface area contributed by atoms with E-state index in [4.69, 9.17) is 11.6 Å². The van der Waals surface area contributed by atoms with Crippen LogP contribution in [0.15, 0.2) is 36.5 Å². The zero-order chi connectivity index (χ0) is 18.8. The predicted octanol–water partition coefficient (Wildman–Crippen LogP) is 3.96. The van der Waals surface area contributed by atoms with Gasteiger partial charge in [-0.15, -0.1) is 11.6 Å². The summed E-state index contributed by atoms with van der Waals surface area (Å²) in [6.45, 7) is -0.801. The summed E-state index contributed by atoms with van der Waals surface area (Å²) in [4.78, 5) is 21.3. The number of alkyl halides is 1. The Hall–Kier alpha value is -2.74. The number of halogens is 5. The van der Waals surface area contributed by atoms with Crippen LogP contribution in [-0.2, 0) is 11.3 Å². The first kappa shape index (κ1) is 18.1. The second kappa shape index (κ2) is 7.25. The quantitative estimate of drug-likeness (QED) is 0.389. The maximum atomic E-state index is 14.0. The number of fused-ring (bicyclic) bond motifs is 1. The van der Waals surface area contributed by atoms with E-state index >= 15 is 0 Å². The van der Waals surface area contributed by atoms with Crippen LogP contribution in [0.1, 0.15) is 5.56 Å². The van der Waals surface area contributed by atoms with Crippen molar-refractivity contribution in [2.24, 2.45) is 0 Å². The number of carbonyl (C=O) groups excluding carboxylic acids is 1. The number of rotatable bonds is 4. The van der Waals surface area contributed by atoms with Gasteiger partial charge in [-0.05, 0) is 12.1 Å². The van der Waals surface area contributed by atoms with Crippen LogP contribution in [0, 0.1) is 23.3 Å². The number of benzene rings is 2. The number of aromatic nitrogens is 2. The number of anilines is 1. The highest BCUT2D eigenvalue weighted by Crippen LogP contribution is 2.24. The second-order valence-electron chi connectivity index (χ2n) is 5.28. The minimum absolute atomic E-state index is 0.0576. The Morgan fingerprint density at radius 3 is 2.27 bits per heavy atom. The fraction of sp³-hybridized carbons (Fsp3) is 0.118. The van der Waals surface area contributed by atoms with E-state index in [0.29, 0.717) is 11.0 Å². The third-order valence-corrected chi connectivity index (χ3v) is 3.88. The normalized spacial score (nSPS) is 11.0. The van der Waals surface area contributed by atoms with Crippen LogP contribution in [0.4, 0.5) is 23.4 Å². The highest BCUT2D eigenvalue weighted by Gasteiger charge is 2.25. The summed E-state index contributed by atoms with van der Waals surface area (Å²) in [6, 6.07) is 6.82. The van der Waals surface area contributed by atoms with Gasteiger partial charge in [0.1, 0.15) is 5.88 Å². The third-order valence-electron chi connectivity index (χ3n) is 3.65. The third kappa shape index (κ3) is 3.32. The molecule has 3 rings (SSSR count). The topological polar surface area (TPSA) is 46.1 Å². The molecule has 0 fully saturated rings. The number of hydrogen-bond acceptors (Lipinski definition) is 3. The van der Waals surface area contributed by atoms with Gasteiger partial charge < -0.3 is 0 Å². The first-order valence-electron chi connectivity index (χ1n) is 7.32. The summed E-state index contributed by atoms with van der Waals surface area (Å²) in [5, 5.41) is 0. The van der Waals surface area contributed by atoms with Crippen LogP contribution < -0.4 is 4.90 Å². The van der Waals surface area contributed by atoms with Crippen molar-refractivity contribution in [1.29, 1.82) is 0 Å². The summed E-state index contributed by atoms with van der Waals surface area (Å²) < 4.78 is 54.8. The number of carbonyl (C=O) groups is 1. The van der Waals surface area contributed by atoms with Gasteiger partial charge in [-0.3, -0.25) is 14.7 Å². The second-order valence-corrected chi connectivity index (χ2v) is 5.54. The predicted molar refractivity (Wildman–Crippen MR) is 87.7 cm³/mol. The number of hydrogen-bond donors (Lipinski definition) is 0. The lowest BCUT2D eigenvalue weighted by molar-refractivity contribution is -0.116. The monoisotopic (exact) mass is 383 g/mol. The summed E-state index contributed by atoms with van der Waals surface area (Å²) in [7, 11) is 0. The minimum atomic E-state index is -1.59. The molecule has 0 bridgehead atoms. The van der Waals surface area contributed by atoms with E-state index in [1.165, 1.54) is 6.20 Å². The van der Waals surface area contributed by atoms with Crippen molar-refractivity contribution in [2.75, 3.05) is 10.8 Å². The van der Waals surface area contributed by atoms with E-state index in [0.717, 1.165) is 4.90 Å². The first-order valence-corrected chi connectivity index (χ1v) is 7.85. The molecule has 0 saturated carbocycles. The van der Waals surface area contributed by atoms with Crippen molar-refractivity contribution in [3.63, 3.8) is 0 Å². The van der Waals surface area contributed by atoms with Gasteiger partial charge in [-0.1, -0.05) is 12.1 Å². The fourth-order valence-electron chi connectivity index (χ4n) is 2.37. The van der Waals surface area contributed by atoms with Gasteiger partial charge in [0.15, 0.2) is 29.1 Å². The fourth-order valence-corrected chi connectivity index (χ4v) is 2.51. The molecule has 0 unspecified atom stereocenters. The van der Waals surface area contributed by atoms with Crippen molar-refractivity contribution in [3.05, 3.63) is 65.4 Å². The van der Waals surface area contributed by atoms with Crippen LogP contribution >= 0.6 is 11.6 Å². The lowest BCUT2D eigenvalue weighted by Crippen LogP contribution is -2.33. The number of amides is 1. The standard InChI is InChI=1S/C17H10ClF4N3O/c18-6-15(26)25(8-9-16(21)10(19)5-11(20)17(9)22)14-7-23-12-3-1-2-4-13(12)24-14/h1-5,7H,6,8H2. The smallest absolute Gasteiger partial charge is 0.243 e. The highest BCUT2D eigenvalue weighted by molar-refractivity contribution is 6.29. The van der Waals surface area contributed by atoms with Crippen LogP contribution in [0.3, 0.4) is 0 Å². The average molecular weight is 384 g/mol. The van der Waals surface area contributed by atoms with Crippen molar-refractivity contribution in [1.82, 2.24) is 9.97 Å². The van der Waals surface area contributed by atoms with Gasteiger partial charge in [0.2, 0.25) is 5.91 Å². The maximum Gasteiger partial charge on any atom is 0.243 e. The van der Waals surface area contributed by atoms with E-state index in [1.807, 2.05) is 0 Å². The van der Waals surface area contributed by atoms with Crippen molar-refractivity contribution in [2.45, 2.75) is 6.54 Å². The molecule has 26 heavy (non-hydrogen) atoms. The van der Waals surface area contributed by atoms with Gasteiger partial charge in [-0.2, -0.15) is 0 Å². The Morgan fingerprint density at radius 2 is 1.65 bits per heavy atom. The lowest BCUT2D eigenvalue weighted by atomic mass is 10.1. The largest absolute Gasteiger partial charge is 0.290 e. The number of para-hydroxylation sites is 2. The maximum absolute atomic E-state index is 14.0. The zero-order valence-corrected chi connectivity index (χ0v) is 13.8. The van der Waals surface area contributed by atoms with Gasteiger partial charge in [0.25, 0.3) is 0 Å². The molecule has 0 saturated heterocycles. The molecular weight excluding hydrogens is 374 g/mol. The lowest BCUT2D eigenvalue weighted by Gasteiger charge is -2.21. The van der Waals surface area contributed by atoms with E-state index in [2.05, 4.69) is 9.97 Å². The molecule has 0 spiro atoms. The first-order chi connectivity index (χ1) is 12.4. The van der Waals surface area contributed by atoms with Crippen LogP contribution in [0.2, 0.25) is 0 Å². The van der Waals surface area contributed by atoms with Gasteiger partial charge in [0.05, 0.1) is 23.8 Å². The molecular formula is C17H10ClF4N3O. The molecule has 0 N–H and O–H groups in total. The van der Waals surface area contributed by atoms with Gasteiger partial charge in [-0.25, -0.2) is 22.5 Å². The molecule has 1 aromatic heterocycles. The molecule has 0 aliphatic rings. The summed E-state index contributed by atoms with van der Waals surface area (Å²) in [6.07, 6.45) is 1.21. The van der Waals surface area contributed by atoms with Crippen LogP contribution in [0.25, 0.3) is 11.0 Å². The van der Waals surface area contributed by atoms with Crippen LogP contribution in [0.5, 0.6) is 0 Å². The Bertz CT molecular complexity index is 973. The Kier molecular flexibility index (Phi) is 5.03. The zero-order valence-electron chi connectivity index (χ0n) is 13.0. The number of nitrogens with zero attached hydrogens (tertiary/aromatic N) is 3. The molecule has 134 valence electrons. The van der Waals surface area contributed by atoms with Gasteiger partial charge in [0, 0.05) is 11.6 Å².